The molecule has 1 saturated heterocycles. The van der Waals surface area contributed by atoms with Gasteiger partial charge in [-0.15, -0.1) is 0 Å². The van der Waals surface area contributed by atoms with Crippen LogP contribution in [0.3, 0.4) is 0 Å². The monoisotopic (exact) mass is 248 g/mol. The number of methoxy groups -OCH3 is 1. The Labute approximate surface area is 110 Å². The van der Waals surface area contributed by atoms with Crippen molar-refractivity contribution in [3.05, 3.63) is 29.8 Å². The van der Waals surface area contributed by atoms with E-state index in [2.05, 4.69) is 36.1 Å². The lowest BCUT2D eigenvalue weighted by Crippen LogP contribution is -2.37. The van der Waals surface area contributed by atoms with Crippen molar-refractivity contribution in [2.24, 2.45) is 5.73 Å². The molecule has 1 aromatic rings. The topological polar surface area (TPSA) is 38.5 Å². The molecule has 3 nitrogen and oxygen atoms in total. The molecule has 0 saturated carbocycles. The first-order chi connectivity index (χ1) is 8.70. The van der Waals surface area contributed by atoms with Gasteiger partial charge >= 0.3 is 0 Å². The van der Waals surface area contributed by atoms with Gasteiger partial charge in [-0.1, -0.05) is 18.2 Å². The van der Waals surface area contributed by atoms with E-state index in [1.807, 2.05) is 7.11 Å². The van der Waals surface area contributed by atoms with E-state index < -0.39 is 0 Å². The van der Waals surface area contributed by atoms with Gasteiger partial charge in [0.2, 0.25) is 0 Å². The number of hydrogen-bond acceptors (Lipinski definition) is 3. The molecule has 100 valence electrons. The Hall–Kier alpha value is -1.06. The fraction of sp³-hybridized carbons (Fsp3) is 0.600. The van der Waals surface area contributed by atoms with Crippen molar-refractivity contribution >= 4 is 5.69 Å². The molecule has 1 aliphatic rings. The quantitative estimate of drug-likeness (QED) is 0.887. The van der Waals surface area contributed by atoms with Crippen molar-refractivity contribution in [2.45, 2.75) is 38.3 Å². The molecule has 0 radical (unpaired) electrons. The second-order valence-electron chi connectivity index (χ2n) is 5.23. The molecule has 1 fully saturated rings. The molecule has 1 aliphatic heterocycles. The summed E-state index contributed by atoms with van der Waals surface area (Å²) in [6.45, 7) is 4.22. The first-order valence-corrected chi connectivity index (χ1v) is 6.82. The smallest absolute Gasteiger partial charge is 0.0605 e. The average molecular weight is 248 g/mol. The number of hydrogen-bond donors (Lipinski definition) is 1. The largest absolute Gasteiger partial charge is 0.381 e. The van der Waals surface area contributed by atoms with Crippen molar-refractivity contribution in [2.75, 3.05) is 25.1 Å². The first-order valence-electron chi connectivity index (χ1n) is 6.82. The van der Waals surface area contributed by atoms with Gasteiger partial charge in [0.25, 0.3) is 0 Å². The number of ether oxygens (including phenoxy) is 1. The summed E-state index contributed by atoms with van der Waals surface area (Å²) < 4.78 is 5.42. The number of para-hydroxylation sites is 1. The van der Waals surface area contributed by atoms with Crippen LogP contribution >= 0.6 is 0 Å². The predicted octanol–water partition coefficient (Wildman–Crippen LogP) is 2.19. The van der Waals surface area contributed by atoms with Gasteiger partial charge in [-0.3, -0.25) is 0 Å². The third-order valence-electron chi connectivity index (χ3n) is 3.65. The lowest BCUT2D eigenvalue weighted by molar-refractivity contribution is 0.0819. The van der Waals surface area contributed by atoms with Crippen LogP contribution in [0.25, 0.3) is 0 Å². The Morgan fingerprint density at radius 3 is 2.61 bits per heavy atom. The van der Waals surface area contributed by atoms with E-state index >= 15 is 0 Å². The Morgan fingerprint density at radius 1 is 1.33 bits per heavy atom. The van der Waals surface area contributed by atoms with Crippen LogP contribution in [0.4, 0.5) is 5.69 Å². The summed E-state index contributed by atoms with van der Waals surface area (Å²) in [6, 6.07) is 8.83. The van der Waals surface area contributed by atoms with E-state index in [9.17, 15) is 0 Å². The van der Waals surface area contributed by atoms with Crippen molar-refractivity contribution < 1.29 is 4.74 Å². The number of nitrogens with two attached hydrogens (primary N) is 1. The molecular weight excluding hydrogens is 224 g/mol. The second kappa shape index (κ2) is 6.21. The Bertz CT molecular complexity index is 371. The van der Waals surface area contributed by atoms with Crippen molar-refractivity contribution in [1.82, 2.24) is 0 Å². The summed E-state index contributed by atoms with van der Waals surface area (Å²) in [5, 5.41) is 0. The third-order valence-corrected chi connectivity index (χ3v) is 3.65. The van der Waals surface area contributed by atoms with Crippen LogP contribution in [0, 0.1) is 0 Å². The molecule has 0 aromatic heterocycles. The molecule has 0 bridgehead atoms. The fourth-order valence-electron chi connectivity index (χ4n) is 2.67. The zero-order valence-corrected chi connectivity index (χ0v) is 11.4. The van der Waals surface area contributed by atoms with E-state index in [0.29, 0.717) is 6.10 Å². The van der Waals surface area contributed by atoms with E-state index in [0.717, 1.165) is 32.4 Å². The van der Waals surface area contributed by atoms with Crippen LogP contribution in [0.5, 0.6) is 0 Å². The summed E-state index contributed by atoms with van der Waals surface area (Å²) in [5.41, 5.74) is 8.64. The molecule has 3 heteroatoms. The minimum absolute atomic E-state index is 0.211. The van der Waals surface area contributed by atoms with Gasteiger partial charge < -0.3 is 15.4 Å². The summed E-state index contributed by atoms with van der Waals surface area (Å²) in [7, 11) is 1.81. The number of piperidine rings is 1. The highest BCUT2D eigenvalue weighted by molar-refractivity contribution is 5.54. The molecule has 1 unspecified atom stereocenters. The zero-order chi connectivity index (χ0) is 13.0. The highest BCUT2D eigenvalue weighted by Crippen LogP contribution is 2.25. The van der Waals surface area contributed by atoms with E-state index in [4.69, 9.17) is 10.5 Å². The van der Waals surface area contributed by atoms with Crippen molar-refractivity contribution in [3.8, 4) is 0 Å². The van der Waals surface area contributed by atoms with E-state index in [-0.39, 0.29) is 6.04 Å². The number of rotatable bonds is 4. The van der Waals surface area contributed by atoms with Crippen LogP contribution in [0.15, 0.2) is 24.3 Å². The first kappa shape index (κ1) is 13.4. The van der Waals surface area contributed by atoms with Gasteiger partial charge in [-0.25, -0.2) is 0 Å². The minimum atomic E-state index is 0.211. The maximum atomic E-state index is 5.93. The Kier molecular flexibility index (Phi) is 4.61. The standard InChI is InChI=1S/C15H24N2O/c1-12(16)11-13-5-3-4-6-15(13)17-9-7-14(18-2)8-10-17/h3-6,12,14H,7-11,16H2,1-2H3. The summed E-state index contributed by atoms with van der Waals surface area (Å²) in [6.07, 6.45) is 3.61. The van der Waals surface area contributed by atoms with Crippen LogP contribution in [-0.2, 0) is 11.2 Å². The summed E-state index contributed by atoms with van der Waals surface area (Å²) >= 11 is 0. The maximum Gasteiger partial charge on any atom is 0.0605 e. The normalized spacial score (nSPS) is 18.9. The van der Waals surface area contributed by atoms with Crippen LogP contribution in [0.1, 0.15) is 25.3 Å². The zero-order valence-electron chi connectivity index (χ0n) is 11.4. The number of anilines is 1. The molecule has 0 aliphatic carbocycles. The molecule has 0 spiro atoms. The predicted molar refractivity (Wildman–Crippen MR) is 76.0 cm³/mol. The summed E-state index contributed by atoms with van der Waals surface area (Å²) in [5.74, 6) is 0. The molecule has 1 atom stereocenters. The van der Waals surface area contributed by atoms with Crippen molar-refractivity contribution in [1.29, 1.82) is 0 Å². The van der Waals surface area contributed by atoms with Crippen LogP contribution in [0.2, 0.25) is 0 Å². The highest BCUT2D eigenvalue weighted by Gasteiger charge is 2.20. The van der Waals surface area contributed by atoms with Gasteiger partial charge in [0.1, 0.15) is 0 Å². The molecule has 1 aromatic carbocycles. The van der Waals surface area contributed by atoms with Gasteiger partial charge in [0.05, 0.1) is 6.10 Å². The van der Waals surface area contributed by atoms with Gasteiger partial charge in [0.15, 0.2) is 0 Å². The molecular formula is C15H24N2O. The minimum Gasteiger partial charge on any atom is -0.381 e. The maximum absolute atomic E-state index is 5.93. The van der Waals surface area contributed by atoms with Crippen LogP contribution in [-0.4, -0.2) is 32.3 Å². The lowest BCUT2D eigenvalue weighted by atomic mass is 10.0. The summed E-state index contributed by atoms with van der Waals surface area (Å²) in [4.78, 5) is 2.47. The van der Waals surface area contributed by atoms with Gasteiger partial charge in [-0.05, 0) is 37.8 Å². The Morgan fingerprint density at radius 2 is 2.00 bits per heavy atom. The molecule has 0 amide bonds. The van der Waals surface area contributed by atoms with Crippen molar-refractivity contribution in [3.63, 3.8) is 0 Å². The average Bonchev–Trinajstić information content (AvgIpc) is 2.39. The fourth-order valence-corrected chi connectivity index (χ4v) is 2.67. The second-order valence-corrected chi connectivity index (χ2v) is 5.23. The Balaban J connectivity index is 2.08. The molecule has 1 heterocycles. The van der Waals surface area contributed by atoms with Gasteiger partial charge in [0, 0.05) is 31.9 Å². The SMILES string of the molecule is COC1CCN(c2ccccc2CC(C)N)CC1. The number of benzene rings is 1. The highest BCUT2D eigenvalue weighted by atomic mass is 16.5. The molecule has 2 rings (SSSR count). The lowest BCUT2D eigenvalue weighted by Gasteiger charge is -2.34. The molecule has 2 N–H and O–H groups in total. The third kappa shape index (κ3) is 3.24. The molecule has 18 heavy (non-hydrogen) atoms. The van der Waals surface area contributed by atoms with Crippen LogP contribution < -0.4 is 10.6 Å². The van der Waals surface area contributed by atoms with E-state index in [1.165, 1.54) is 11.3 Å². The van der Waals surface area contributed by atoms with Gasteiger partial charge in [-0.2, -0.15) is 0 Å². The van der Waals surface area contributed by atoms with E-state index in [1.54, 1.807) is 0 Å². The number of nitrogens with zero attached hydrogens (tertiary/aromatic N) is 1.